The fraction of sp³-hybridized carbons (Fsp3) is 0.459. The molecule has 4 aliphatic rings. The molecule has 3 N–H and O–H groups in total. The molecule has 0 aromatic heterocycles. The predicted molar refractivity (Wildman–Crippen MR) is 190 cm³/mol. The average Bonchev–Trinajstić information content (AvgIpc) is 3.65. The van der Waals surface area contributed by atoms with Crippen LogP contribution < -0.4 is 28.7 Å². The van der Waals surface area contributed by atoms with E-state index in [9.17, 15) is 34.5 Å². The van der Waals surface area contributed by atoms with Gasteiger partial charge in [0.1, 0.15) is 5.60 Å². The summed E-state index contributed by atoms with van der Waals surface area (Å²) in [5.41, 5.74) is 0.722. The highest BCUT2D eigenvalue weighted by atomic mass is 16.6. The van der Waals surface area contributed by atoms with E-state index in [1.807, 2.05) is 0 Å². The van der Waals surface area contributed by atoms with Gasteiger partial charge in [0.15, 0.2) is 35.5 Å². The number of carbonyl (C=O) groups is 4. The number of methoxy groups -OCH3 is 2. The van der Waals surface area contributed by atoms with Gasteiger partial charge in [0.2, 0.25) is 0 Å². The Hall–Kier alpha value is -5.48. The normalized spacial score (nSPS) is 22.4. The molecule has 16 heteroatoms. The second kappa shape index (κ2) is 14.2. The minimum Gasteiger partial charge on any atom is -0.493 e. The summed E-state index contributed by atoms with van der Waals surface area (Å²) in [4.78, 5) is 58.0. The number of hydrogen-bond acceptors (Lipinski definition) is 11. The molecule has 2 aromatic rings. The molecule has 4 amide bonds. The van der Waals surface area contributed by atoms with E-state index in [2.05, 4.69) is 13.2 Å². The minimum absolute atomic E-state index is 0.0286. The standard InChI is InChI=1S/C37H44N4O12/c1-19-11-25-33(44)40(35(46)47)23-15-29(27(49-6)13-21(23)31(42)38(25)17-19)51-9-8-10-52-30-16-24-22(14-28(30)50-7)32(43)39-18-20(2)12-26(39)34(45)41(24)36(48)53-37(3,4)5/h13-16,25-26,33-34,44-45H,1-2,8-12,17-18H2,3-7H3,(H,46,47)/t25-,26-,33-,34-/m0/s1. The minimum atomic E-state index is -1.54. The van der Waals surface area contributed by atoms with Crippen molar-refractivity contribution in [1.29, 1.82) is 0 Å². The molecule has 0 unspecified atom stereocenters. The van der Waals surface area contributed by atoms with Crippen molar-refractivity contribution in [2.45, 2.75) is 70.2 Å². The lowest BCUT2D eigenvalue weighted by Gasteiger charge is -2.33. The van der Waals surface area contributed by atoms with Gasteiger partial charge in [-0.15, -0.1) is 0 Å². The van der Waals surface area contributed by atoms with Crippen LogP contribution in [0.1, 0.15) is 60.7 Å². The van der Waals surface area contributed by atoms with Crippen LogP contribution in [0.25, 0.3) is 0 Å². The number of carboxylic acid groups (broad SMARTS) is 1. The maximum Gasteiger partial charge on any atom is 0.417 e. The molecule has 4 atom stereocenters. The van der Waals surface area contributed by atoms with Gasteiger partial charge in [0.25, 0.3) is 11.8 Å². The van der Waals surface area contributed by atoms with Gasteiger partial charge in [-0.1, -0.05) is 24.3 Å². The van der Waals surface area contributed by atoms with Crippen molar-refractivity contribution in [1.82, 2.24) is 9.80 Å². The number of fused-ring (bicyclic) bond motifs is 4. The number of nitrogens with zero attached hydrogens (tertiary/aromatic N) is 4. The van der Waals surface area contributed by atoms with Crippen LogP contribution in [-0.2, 0) is 4.74 Å². The number of aliphatic hydroxyl groups is 2. The Bertz CT molecular complexity index is 1870. The van der Waals surface area contributed by atoms with E-state index < -0.39 is 54.1 Å². The SMILES string of the molecule is C=C1C[C@H]2[C@H](O)N(C(=O)O)c3cc(OCCCOc4cc5c(cc4OC)C(=O)N4CC(=C)C[C@H]4[C@H](O)N5C(=O)OC(C)(C)C)c(OC)cc3C(=O)N2C1. The molecule has 4 heterocycles. The second-order valence-electron chi connectivity index (χ2n) is 14.3. The summed E-state index contributed by atoms with van der Waals surface area (Å²) in [6, 6.07) is 4.12. The second-order valence-corrected chi connectivity index (χ2v) is 14.3. The van der Waals surface area contributed by atoms with Crippen LogP contribution in [0.3, 0.4) is 0 Å². The molecule has 284 valence electrons. The van der Waals surface area contributed by atoms with Gasteiger partial charge in [0.05, 0.1) is 62.0 Å². The van der Waals surface area contributed by atoms with E-state index in [0.717, 1.165) is 15.4 Å². The molecule has 4 aliphatic heterocycles. The third kappa shape index (κ3) is 6.91. The van der Waals surface area contributed by atoms with Gasteiger partial charge in [-0.3, -0.25) is 9.59 Å². The lowest BCUT2D eigenvalue weighted by molar-refractivity contribution is 0.0310. The lowest BCUT2D eigenvalue weighted by atomic mass is 10.1. The monoisotopic (exact) mass is 736 g/mol. The summed E-state index contributed by atoms with van der Waals surface area (Å²) in [5, 5.41) is 32.7. The highest BCUT2D eigenvalue weighted by Crippen LogP contribution is 2.44. The van der Waals surface area contributed by atoms with Crippen molar-refractivity contribution in [2.75, 3.05) is 50.3 Å². The quantitative estimate of drug-likeness (QED) is 0.262. The number of aliphatic hydroxyl groups excluding tert-OH is 2. The highest BCUT2D eigenvalue weighted by molar-refractivity contribution is 6.07. The third-order valence-corrected chi connectivity index (χ3v) is 9.47. The van der Waals surface area contributed by atoms with Gasteiger partial charge >= 0.3 is 12.2 Å². The number of anilines is 2. The molecular weight excluding hydrogens is 692 g/mol. The maximum absolute atomic E-state index is 13.8. The third-order valence-electron chi connectivity index (χ3n) is 9.47. The van der Waals surface area contributed by atoms with Gasteiger partial charge in [0, 0.05) is 31.6 Å². The van der Waals surface area contributed by atoms with Gasteiger partial charge in [-0.25, -0.2) is 19.4 Å². The molecule has 0 spiro atoms. The zero-order valence-electron chi connectivity index (χ0n) is 30.3. The summed E-state index contributed by atoms with van der Waals surface area (Å²) < 4.78 is 28.8. The van der Waals surface area contributed by atoms with E-state index in [0.29, 0.717) is 12.0 Å². The summed E-state index contributed by atoms with van der Waals surface area (Å²) >= 11 is 0. The van der Waals surface area contributed by atoms with Crippen molar-refractivity contribution in [2.24, 2.45) is 0 Å². The summed E-state index contributed by atoms with van der Waals surface area (Å²) in [6.07, 6.45) is -4.44. The molecule has 0 aliphatic carbocycles. The molecular formula is C37H44N4O12. The zero-order chi connectivity index (χ0) is 38.5. The number of benzene rings is 2. The summed E-state index contributed by atoms with van der Waals surface area (Å²) in [6.45, 7) is 13.5. The first-order chi connectivity index (χ1) is 25.0. The van der Waals surface area contributed by atoms with Gasteiger partial charge in [-0.2, -0.15) is 0 Å². The first kappa shape index (κ1) is 37.3. The average molecular weight is 737 g/mol. The predicted octanol–water partition coefficient (Wildman–Crippen LogP) is 3.98. The fourth-order valence-electron chi connectivity index (χ4n) is 7.11. The number of hydrogen-bond donors (Lipinski definition) is 3. The highest BCUT2D eigenvalue weighted by Gasteiger charge is 2.48. The molecule has 0 bridgehead atoms. The van der Waals surface area contributed by atoms with E-state index in [1.165, 1.54) is 48.3 Å². The summed E-state index contributed by atoms with van der Waals surface area (Å²) in [5.74, 6) is -0.178. The first-order valence-electron chi connectivity index (χ1n) is 17.1. The Morgan fingerprint density at radius 1 is 0.755 bits per heavy atom. The van der Waals surface area contributed by atoms with Crippen molar-refractivity contribution >= 4 is 35.4 Å². The number of rotatable bonds is 8. The number of carbonyl (C=O) groups excluding carboxylic acids is 3. The lowest BCUT2D eigenvalue weighted by Crippen LogP contribution is -2.51. The van der Waals surface area contributed by atoms with Crippen molar-refractivity contribution in [3.63, 3.8) is 0 Å². The van der Waals surface area contributed by atoms with Gasteiger partial charge < -0.3 is 48.8 Å². The van der Waals surface area contributed by atoms with Crippen LogP contribution in [0.15, 0.2) is 48.6 Å². The molecule has 6 rings (SSSR count). The molecule has 2 saturated heterocycles. The van der Waals surface area contributed by atoms with Crippen LogP contribution in [0, 0.1) is 0 Å². The first-order valence-corrected chi connectivity index (χ1v) is 17.1. The molecule has 16 nitrogen and oxygen atoms in total. The Labute approximate surface area is 306 Å². The van der Waals surface area contributed by atoms with Crippen LogP contribution in [0.2, 0.25) is 0 Å². The van der Waals surface area contributed by atoms with Crippen LogP contribution in [0.4, 0.5) is 21.0 Å². The van der Waals surface area contributed by atoms with E-state index in [-0.39, 0.29) is 84.6 Å². The number of ether oxygens (including phenoxy) is 5. The van der Waals surface area contributed by atoms with Crippen LogP contribution in [0.5, 0.6) is 23.0 Å². The molecule has 0 saturated carbocycles. The van der Waals surface area contributed by atoms with E-state index in [1.54, 1.807) is 20.8 Å². The van der Waals surface area contributed by atoms with Crippen LogP contribution >= 0.6 is 0 Å². The van der Waals surface area contributed by atoms with Crippen molar-refractivity contribution < 1.29 is 58.2 Å². The van der Waals surface area contributed by atoms with E-state index in [4.69, 9.17) is 23.7 Å². The largest absolute Gasteiger partial charge is 0.493 e. The van der Waals surface area contributed by atoms with Gasteiger partial charge in [-0.05, 0) is 45.7 Å². The van der Waals surface area contributed by atoms with E-state index >= 15 is 0 Å². The smallest absolute Gasteiger partial charge is 0.417 e. The molecule has 53 heavy (non-hydrogen) atoms. The molecule has 2 aromatic carbocycles. The van der Waals surface area contributed by atoms with Crippen LogP contribution in [-0.4, -0.2) is 120 Å². The zero-order valence-corrected chi connectivity index (χ0v) is 30.3. The molecule has 0 radical (unpaired) electrons. The number of amides is 4. The van der Waals surface area contributed by atoms with Crippen molar-refractivity contribution in [3.05, 3.63) is 59.7 Å². The maximum atomic E-state index is 13.8. The topological polar surface area (TPSA) is 188 Å². The Balaban J connectivity index is 1.22. The van der Waals surface area contributed by atoms with Crippen molar-refractivity contribution in [3.8, 4) is 23.0 Å². The Morgan fingerprint density at radius 2 is 1.19 bits per heavy atom. The summed E-state index contributed by atoms with van der Waals surface area (Å²) in [7, 11) is 2.80. The fourth-order valence-corrected chi connectivity index (χ4v) is 7.11. The Morgan fingerprint density at radius 3 is 1.60 bits per heavy atom. The Kier molecular flexibility index (Phi) is 9.96. The molecule has 2 fully saturated rings.